The molecule has 0 aliphatic heterocycles. The smallest absolute Gasteiger partial charge is 0.416 e. The molecule has 0 heterocycles. The summed E-state index contributed by atoms with van der Waals surface area (Å²) < 4.78 is 81.0. The molecule has 1 amide bonds. The largest absolute Gasteiger partial charge is 0.476 e. The number of halogens is 6. The number of rotatable bonds is 4. The molecule has 2 aromatic carbocycles. The van der Waals surface area contributed by atoms with Gasteiger partial charge in [-0.2, -0.15) is 26.3 Å². The zero-order valence-electron chi connectivity index (χ0n) is 12.4. The second-order valence-corrected chi connectivity index (χ2v) is 5.05. The molecule has 2 rings (SSSR count). The molecule has 3 nitrogen and oxygen atoms in total. The van der Waals surface area contributed by atoms with Crippen LogP contribution in [-0.2, 0) is 17.1 Å². The minimum Gasteiger partial charge on any atom is -0.476 e. The number of nitrogens with two attached hydrogens (primary N) is 1. The fraction of sp³-hybridized carbons (Fsp3) is 0.188. The van der Waals surface area contributed by atoms with E-state index in [1.54, 1.807) is 0 Å². The van der Waals surface area contributed by atoms with Crippen LogP contribution in [0.5, 0.6) is 5.75 Å². The highest BCUT2D eigenvalue weighted by Crippen LogP contribution is 2.33. The van der Waals surface area contributed by atoms with Crippen LogP contribution in [0.4, 0.5) is 26.3 Å². The van der Waals surface area contributed by atoms with E-state index in [0.717, 1.165) is 36.4 Å². The highest BCUT2D eigenvalue weighted by atomic mass is 19.4. The molecule has 0 spiro atoms. The molecule has 0 aliphatic carbocycles. The highest BCUT2D eigenvalue weighted by Gasteiger charge is 2.32. The molecule has 0 saturated heterocycles. The molecule has 134 valence electrons. The summed E-state index contributed by atoms with van der Waals surface area (Å²) in [5.41, 5.74) is 3.04. The lowest BCUT2D eigenvalue weighted by Crippen LogP contribution is -2.26. The quantitative estimate of drug-likeness (QED) is 0.822. The summed E-state index contributed by atoms with van der Waals surface area (Å²) >= 11 is 0. The summed E-state index contributed by atoms with van der Waals surface area (Å²) in [5, 5.41) is 0. The van der Waals surface area contributed by atoms with Gasteiger partial charge < -0.3 is 10.5 Å². The van der Waals surface area contributed by atoms with Gasteiger partial charge >= 0.3 is 12.4 Å². The van der Waals surface area contributed by atoms with Crippen molar-refractivity contribution in [2.45, 2.75) is 18.5 Å². The van der Waals surface area contributed by atoms with Crippen LogP contribution in [0, 0.1) is 0 Å². The van der Waals surface area contributed by atoms with Crippen molar-refractivity contribution in [3.8, 4) is 5.75 Å². The minimum atomic E-state index is -4.63. The Bertz CT molecular complexity index is 752. The summed E-state index contributed by atoms with van der Waals surface area (Å²) in [5.74, 6) is -1.23. The monoisotopic (exact) mass is 363 g/mol. The predicted octanol–water partition coefficient (Wildman–Crippen LogP) is 4.33. The standard InChI is InChI=1S/C16H11F6NO2/c17-15(18,19)10-4-6-12(7-5-10)25-13(14(23)24)9-2-1-3-11(8-9)16(20,21)22/h1-8,13H,(H2,23,24). The van der Waals surface area contributed by atoms with Gasteiger partial charge in [0.1, 0.15) is 5.75 Å². The SMILES string of the molecule is NC(=O)C(Oc1ccc(C(F)(F)F)cc1)c1cccc(C(F)(F)F)c1. The number of hydrogen-bond donors (Lipinski definition) is 1. The first kappa shape index (κ1) is 18.6. The van der Waals surface area contributed by atoms with E-state index in [1.807, 2.05) is 0 Å². The van der Waals surface area contributed by atoms with Gasteiger partial charge in [-0.25, -0.2) is 0 Å². The van der Waals surface area contributed by atoms with Crippen LogP contribution in [0.25, 0.3) is 0 Å². The van der Waals surface area contributed by atoms with Crippen molar-refractivity contribution in [3.05, 3.63) is 65.2 Å². The summed E-state index contributed by atoms with van der Waals surface area (Å²) in [4.78, 5) is 11.5. The summed E-state index contributed by atoms with van der Waals surface area (Å²) in [6.07, 6.45) is -10.8. The van der Waals surface area contributed by atoms with Crippen molar-refractivity contribution in [1.29, 1.82) is 0 Å². The Morgan fingerprint density at radius 3 is 1.92 bits per heavy atom. The van der Waals surface area contributed by atoms with E-state index in [-0.39, 0.29) is 11.3 Å². The third-order valence-electron chi connectivity index (χ3n) is 3.21. The molecule has 2 aromatic rings. The van der Waals surface area contributed by atoms with Crippen molar-refractivity contribution in [2.24, 2.45) is 5.73 Å². The summed E-state index contributed by atoms with van der Waals surface area (Å²) in [7, 11) is 0. The van der Waals surface area contributed by atoms with E-state index in [1.165, 1.54) is 6.07 Å². The molecule has 1 unspecified atom stereocenters. The van der Waals surface area contributed by atoms with E-state index in [0.29, 0.717) is 6.07 Å². The Hall–Kier alpha value is -2.71. The van der Waals surface area contributed by atoms with Gasteiger partial charge in [-0.15, -0.1) is 0 Å². The number of alkyl halides is 6. The van der Waals surface area contributed by atoms with Crippen molar-refractivity contribution < 1.29 is 35.9 Å². The lowest BCUT2D eigenvalue weighted by molar-refractivity contribution is -0.138. The number of carbonyl (C=O) groups is 1. The third-order valence-corrected chi connectivity index (χ3v) is 3.21. The normalized spacial score (nSPS) is 13.4. The van der Waals surface area contributed by atoms with E-state index in [2.05, 4.69) is 0 Å². The molecule has 0 radical (unpaired) electrons. The summed E-state index contributed by atoms with van der Waals surface area (Å²) in [6, 6.07) is 7.12. The van der Waals surface area contributed by atoms with E-state index >= 15 is 0 Å². The average molecular weight is 363 g/mol. The Balaban J connectivity index is 2.29. The van der Waals surface area contributed by atoms with Crippen LogP contribution >= 0.6 is 0 Å². The van der Waals surface area contributed by atoms with Gasteiger partial charge in [-0.1, -0.05) is 12.1 Å². The number of amides is 1. The van der Waals surface area contributed by atoms with E-state index in [4.69, 9.17) is 10.5 Å². The van der Waals surface area contributed by atoms with Crippen LogP contribution in [0.2, 0.25) is 0 Å². The molecule has 2 N–H and O–H groups in total. The highest BCUT2D eigenvalue weighted by molar-refractivity contribution is 5.80. The van der Waals surface area contributed by atoms with Gasteiger partial charge in [-0.05, 0) is 36.4 Å². The van der Waals surface area contributed by atoms with Crippen molar-refractivity contribution in [1.82, 2.24) is 0 Å². The fourth-order valence-corrected chi connectivity index (χ4v) is 2.03. The number of primary amides is 1. The number of ether oxygens (including phenoxy) is 1. The first-order chi connectivity index (χ1) is 11.5. The maximum atomic E-state index is 12.8. The molecule has 0 bridgehead atoms. The summed E-state index contributed by atoms with van der Waals surface area (Å²) in [6.45, 7) is 0. The van der Waals surface area contributed by atoms with Crippen LogP contribution in [-0.4, -0.2) is 5.91 Å². The molecule has 0 aromatic heterocycles. The number of carbonyl (C=O) groups excluding carboxylic acids is 1. The van der Waals surface area contributed by atoms with E-state index in [9.17, 15) is 31.1 Å². The van der Waals surface area contributed by atoms with Crippen LogP contribution < -0.4 is 10.5 Å². The Morgan fingerprint density at radius 2 is 1.44 bits per heavy atom. The van der Waals surface area contributed by atoms with Crippen LogP contribution in [0.1, 0.15) is 22.8 Å². The molecule has 0 aliphatic rings. The minimum absolute atomic E-state index is 0.144. The van der Waals surface area contributed by atoms with Crippen LogP contribution in [0.3, 0.4) is 0 Å². The number of benzene rings is 2. The maximum Gasteiger partial charge on any atom is 0.416 e. The zero-order chi connectivity index (χ0) is 18.8. The van der Waals surface area contributed by atoms with Gasteiger partial charge in [-0.3, -0.25) is 4.79 Å². The number of hydrogen-bond acceptors (Lipinski definition) is 2. The Kier molecular flexibility index (Phi) is 4.96. The lowest BCUT2D eigenvalue weighted by atomic mass is 10.0. The second kappa shape index (κ2) is 6.66. The van der Waals surface area contributed by atoms with Crippen molar-refractivity contribution >= 4 is 5.91 Å². The van der Waals surface area contributed by atoms with Gasteiger partial charge in [0, 0.05) is 5.56 Å². The molecule has 9 heteroatoms. The van der Waals surface area contributed by atoms with Gasteiger partial charge in [0.05, 0.1) is 11.1 Å². The third kappa shape index (κ3) is 4.65. The predicted molar refractivity (Wildman–Crippen MR) is 75.5 cm³/mol. The Morgan fingerprint density at radius 1 is 0.880 bits per heavy atom. The molecule has 25 heavy (non-hydrogen) atoms. The molecule has 0 fully saturated rings. The topological polar surface area (TPSA) is 52.3 Å². The molecular weight excluding hydrogens is 352 g/mol. The molecule has 1 atom stereocenters. The second-order valence-electron chi connectivity index (χ2n) is 5.05. The zero-order valence-corrected chi connectivity index (χ0v) is 12.4. The van der Waals surface area contributed by atoms with Gasteiger partial charge in [0.15, 0.2) is 0 Å². The van der Waals surface area contributed by atoms with Crippen molar-refractivity contribution in [3.63, 3.8) is 0 Å². The van der Waals surface area contributed by atoms with Crippen molar-refractivity contribution in [2.75, 3.05) is 0 Å². The van der Waals surface area contributed by atoms with E-state index < -0.39 is 35.5 Å². The van der Waals surface area contributed by atoms with Gasteiger partial charge in [0.2, 0.25) is 6.10 Å². The molecule has 0 saturated carbocycles. The molecular formula is C16H11F6NO2. The first-order valence-electron chi connectivity index (χ1n) is 6.79. The van der Waals surface area contributed by atoms with Gasteiger partial charge in [0.25, 0.3) is 5.91 Å². The average Bonchev–Trinajstić information content (AvgIpc) is 2.51. The van der Waals surface area contributed by atoms with Crippen LogP contribution in [0.15, 0.2) is 48.5 Å². The maximum absolute atomic E-state index is 12.8. The first-order valence-corrected chi connectivity index (χ1v) is 6.79. The lowest BCUT2D eigenvalue weighted by Gasteiger charge is -2.18. The Labute approximate surface area is 138 Å². The fourth-order valence-electron chi connectivity index (χ4n) is 2.03.